The van der Waals surface area contributed by atoms with Gasteiger partial charge < -0.3 is 19.9 Å². The molecule has 154 valence electrons. The van der Waals surface area contributed by atoms with E-state index in [1.165, 1.54) is 38.0 Å². The first-order valence-corrected chi connectivity index (χ1v) is 9.31. The Morgan fingerprint density at radius 2 is 1.57 bits per heavy atom. The molecule has 0 aliphatic carbocycles. The van der Waals surface area contributed by atoms with Gasteiger partial charge in [0.15, 0.2) is 11.5 Å². The van der Waals surface area contributed by atoms with E-state index in [-0.39, 0.29) is 17.0 Å². The molecule has 0 heterocycles. The van der Waals surface area contributed by atoms with E-state index in [0.717, 1.165) is 21.9 Å². The second kappa shape index (κ2) is 8.69. The van der Waals surface area contributed by atoms with Gasteiger partial charge in [0.2, 0.25) is 5.91 Å². The van der Waals surface area contributed by atoms with Crippen LogP contribution in [-0.4, -0.2) is 31.2 Å². The van der Waals surface area contributed by atoms with Crippen LogP contribution in [0.2, 0.25) is 0 Å². The van der Waals surface area contributed by atoms with Gasteiger partial charge in [-0.3, -0.25) is 4.79 Å². The summed E-state index contributed by atoms with van der Waals surface area (Å²) in [5, 5.41) is 14.3. The van der Waals surface area contributed by atoms with Crippen molar-refractivity contribution in [2.45, 2.75) is 13.8 Å². The number of carboxylic acids is 1. The molecule has 0 aliphatic heterocycles. The molecule has 3 aromatic carbocycles. The summed E-state index contributed by atoms with van der Waals surface area (Å²) < 4.78 is 10.3. The number of methoxy groups -OCH3 is 2. The molecule has 0 unspecified atom stereocenters. The first-order valence-electron chi connectivity index (χ1n) is 9.31. The number of aryl methyl sites for hydroxylation is 1. The van der Waals surface area contributed by atoms with Gasteiger partial charge in [-0.1, -0.05) is 35.9 Å². The highest BCUT2D eigenvalue weighted by atomic mass is 16.5. The highest BCUT2D eigenvalue weighted by Gasteiger charge is 2.17. The lowest BCUT2D eigenvalue weighted by Gasteiger charge is -2.13. The maximum absolute atomic E-state index is 12.6. The van der Waals surface area contributed by atoms with Crippen molar-refractivity contribution >= 4 is 33.9 Å². The summed E-state index contributed by atoms with van der Waals surface area (Å²) in [5.74, 6) is -1.03. The van der Waals surface area contributed by atoms with Crippen LogP contribution < -0.4 is 14.8 Å². The zero-order valence-electron chi connectivity index (χ0n) is 17.3. The lowest BCUT2D eigenvalue weighted by molar-refractivity contribution is -0.111. The number of rotatable bonds is 6. The summed E-state index contributed by atoms with van der Waals surface area (Å²) >= 11 is 0. The third kappa shape index (κ3) is 4.43. The number of carbonyl (C=O) groups excluding carboxylic acids is 1. The Morgan fingerprint density at radius 1 is 0.933 bits per heavy atom. The van der Waals surface area contributed by atoms with Gasteiger partial charge in [0.05, 0.1) is 25.5 Å². The summed E-state index contributed by atoms with van der Waals surface area (Å²) in [5.41, 5.74) is 2.89. The normalized spacial score (nSPS) is 11.3. The van der Waals surface area contributed by atoms with E-state index < -0.39 is 11.9 Å². The van der Waals surface area contributed by atoms with Crippen molar-refractivity contribution in [2.24, 2.45) is 0 Å². The Bertz CT molecular complexity index is 1160. The predicted octanol–water partition coefficient (Wildman–Crippen LogP) is 4.91. The van der Waals surface area contributed by atoms with E-state index in [9.17, 15) is 14.7 Å². The molecule has 2 N–H and O–H groups in total. The molecule has 0 saturated heterocycles. The molecule has 3 aromatic rings. The first kappa shape index (κ1) is 20.9. The fourth-order valence-electron chi connectivity index (χ4n) is 3.22. The number of amides is 1. The van der Waals surface area contributed by atoms with E-state index in [4.69, 9.17) is 9.47 Å². The van der Waals surface area contributed by atoms with Crippen LogP contribution in [0, 0.1) is 6.92 Å². The highest BCUT2D eigenvalue weighted by Crippen LogP contribution is 2.33. The van der Waals surface area contributed by atoms with Crippen molar-refractivity contribution in [3.63, 3.8) is 0 Å². The van der Waals surface area contributed by atoms with Crippen LogP contribution in [0.15, 0.2) is 54.6 Å². The van der Waals surface area contributed by atoms with Crippen molar-refractivity contribution in [1.29, 1.82) is 0 Å². The van der Waals surface area contributed by atoms with Gasteiger partial charge in [-0.05, 0) is 41.8 Å². The maximum atomic E-state index is 12.6. The van der Waals surface area contributed by atoms with Gasteiger partial charge in [-0.15, -0.1) is 0 Å². The second-order valence-electron chi connectivity index (χ2n) is 6.94. The average Bonchev–Trinajstić information content (AvgIpc) is 2.72. The molecule has 0 saturated carbocycles. The van der Waals surface area contributed by atoms with Gasteiger partial charge >= 0.3 is 5.97 Å². The minimum Gasteiger partial charge on any atom is -0.493 e. The van der Waals surface area contributed by atoms with Crippen LogP contribution in [-0.2, 0) is 4.79 Å². The van der Waals surface area contributed by atoms with Gasteiger partial charge in [-0.25, -0.2) is 4.79 Å². The molecule has 6 nitrogen and oxygen atoms in total. The fraction of sp³-hybridized carbons (Fsp3) is 0.167. The van der Waals surface area contributed by atoms with Gasteiger partial charge in [-0.2, -0.15) is 0 Å². The van der Waals surface area contributed by atoms with E-state index >= 15 is 0 Å². The monoisotopic (exact) mass is 405 g/mol. The topological polar surface area (TPSA) is 84.9 Å². The van der Waals surface area contributed by atoms with Crippen molar-refractivity contribution in [3.8, 4) is 11.5 Å². The molecule has 0 bridgehead atoms. The number of allylic oxidation sites excluding steroid dienone is 1. The molecule has 30 heavy (non-hydrogen) atoms. The molecule has 0 spiro atoms. The number of anilines is 1. The van der Waals surface area contributed by atoms with Gasteiger partial charge in [0.25, 0.3) is 0 Å². The SMILES string of the molecule is COc1cc(NC(=O)/C=C(/C)c2ccc3cc(C)ccc3c2)c(C(=O)O)cc1OC. The number of carboxylic acid groups (broad SMARTS) is 1. The molecule has 0 radical (unpaired) electrons. The van der Waals surface area contributed by atoms with Crippen molar-refractivity contribution in [3.05, 3.63) is 71.3 Å². The second-order valence-corrected chi connectivity index (χ2v) is 6.94. The third-order valence-corrected chi connectivity index (χ3v) is 4.81. The summed E-state index contributed by atoms with van der Waals surface area (Å²) in [4.78, 5) is 24.2. The summed E-state index contributed by atoms with van der Waals surface area (Å²) in [6, 6.07) is 14.9. The van der Waals surface area contributed by atoms with Crippen molar-refractivity contribution in [2.75, 3.05) is 19.5 Å². The lowest BCUT2D eigenvalue weighted by Crippen LogP contribution is -2.13. The minimum atomic E-state index is -1.18. The Labute approximate surface area is 174 Å². The molecule has 0 fully saturated rings. The van der Waals surface area contributed by atoms with E-state index in [2.05, 4.69) is 11.4 Å². The van der Waals surface area contributed by atoms with Crippen molar-refractivity contribution in [1.82, 2.24) is 0 Å². The van der Waals surface area contributed by atoms with Gasteiger partial charge in [0.1, 0.15) is 0 Å². The number of carbonyl (C=O) groups is 2. The molecular formula is C24H23NO5. The number of fused-ring (bicyclic) bond motifs is 1. The molecule has 1 amide bonds. The standard InChI is InChI=1S/C24H23NO5/c1-14-5-6-18-11-16(7-8-17(18)9-14)15(2)10-23(26)25-20-13-22(30-4)21(29-3)12-19(20)24(27)28/h5-13H,1-4H3,(H,25,26)(H,27,28)/b15-10-. The first-order chi connectivity index (χ1) is 14.3. The smallest absolute Gasteiger partial charge is 0.337 e. The maximum Gasteiger partial charge on any atom is 0.337 e. The lowest BCUT2D eigenvalue weighted by atomic mass is 10.0. The predicted molar refractivity (Wildman–Crippen MR) is 117 cm³/mol. The largest absolute Gasteiger partial charge is 0.493 e. The number of aromatic carboxylic acids is 1. The number of benzene rings is 3. The number of hydrogen-bond donors (Lipinski definition) is 2. The van der Waals surface area contributed by atoms with Crippen LogP contribution >= 0.6 is 0 Å². The van der Waals surface area contributed by atoms with Crippen LogP contribution in [0.3, 0.4) is 0 Å². The summed E-state index contributed by atoms with van der Waals surface area (Å²) in [7, 11) is 2.86. The van der Waals surface area contributed by atoms with Crippen LogP contribution in [0.25, 0.3) is 16.3 Å². The number of nitrogens with one attached hydrogen (secondary N) is 1. The molecule has 3 rings (SSSR count). The zero-order chi connectivity index (χ0) is 21.8. The van der Waals surface area contributed by atoms with Crippen LogP contribution in [0.5, 0.6) is 11.5 Å². The van der Waals surface area contributed by atoms with Crippen molar-refractivity contribution < 1.29 is 24.2 Å². The molecular weight excluding hydrogens is 382 g/mol. The third-order valence-electron chi connectivity index (χ3n) is 4.81. The summed E-state index contributed by atoms with van der Waals surface area (Å²) in [6.07, 6.45) is 1.44. The summed E-state index contributed by atoms with van der Waals surface area (Å²) in [6.45, 7) is 3.88. The van der Waals surface area contributed by atoms with E-state index in [1.807, 2.05) is 44.2 Å². The molecule has 0 aromatic heterocycles. The Hall–Kier alpha value is -3.80. The molecule has 0 atom stereocenters. The fourth-order valence-corrected chi connectivity index (χ4v) is 3.22. The molecule has 0 aliphatic rings. The minimum absolute atomic E-state index is 0.0897. The Balaban J connectivity index is 1.89. The quantitative estimate of drug-likeness (QED) is 0.570. The number of ether oxygens (including phenoxy) is 2. The zero-order valence-corrected chi connectivity index (χ0v) is 17.3. The number of hydrogen-bond acceptors (Lipinski definition) is 4. The Kier molecular flexibility index (Phi) is 6.06. The van der Waals surface area contributed by atoms with Crippen LogP contribution in [0.4, 0.5) is 5.69 Å². The van der Waals surface area contributed by atoms with E-state index in [0.29, 0.717) is 5.75 Å². The van der Waals surface area contributed by atoms with Gasteiger partial charge in [0, 0.05) is 18.2 Å². The Morgan fingerprint density at radius 3 is 2.23 bits per heavy atom. The highest BCUT2D eigenvalue weighted by molar-refractivity contribution is 6.08. The van der Waals surface area contributed by atoms with Crippen LogP contribution in [0.1, 0.15) is 28.4 Å². The molecule has 6 heteroatoms. The average molecular weight is 405 g/mol. The van der Waals surface area contributed by atoms with E-state index in [1.54, 1.807) is 0 Å².